The second kappa shape index (κ2) is 3.09. The zero-order valence-corrected chi connectivity index (χ0v) is 6.69. The molecule has 74 valence electrons. The van der Waals surface area contributed by atoms with Gasteiger partial charge in [0.05, 0.1) is 6.20 Å². The summed E-state index contributed by atoms with van der Waals surface area (Å²) in [7, 11) is 0. The molecule has 0 spiro atoms. The maximum Gasteiger partial charge on any atom is 0.421 e. The van der Waals surface area contributed by atoms with Crippen LogP contribution in [0.2, 0.25) is 0 Å². The van der Waals surface area contributed by atoms with Gasteiger partial charge >= 0.3 is 12.1 Å². The van der Waals surface area contributed by atoms with Crippen LogP contribution in [0.3, 0.4) is 0 Å². The number of thioether (sulfide) groups is 1. The number of hydrogen-bond acceptors (Lipinski definition) is 3. The van der Waals surface area contributed by atoms with Crippen molar-refractivity contribution in [2.45, 2.75) is 11.6 Å². The Bertz CT molecular complexity index is 264. The smallest absolute Gasteiger partial charge is 0.421 e. The van der Waals surface area contributed by atoms with Gasteiger partial charge in [-0.2, -0.15) is 18.3 Å². The summed E-state index contributed by atoms with van der Waals surface area (Å²) < 4.78 is 48.2. The van der Waals surface area contributed by atoms with Crippen LogP contribution in [-0.4, -0.2) is 27.7 Å². The average Bonchev–Trinajstić information content (AvgIpc) is 2.29. The lowest BCUT2D eigenvalue weighted by Crippen LogP contribution is -2.33. The van der Waals surface area contributed by atoms with Crippen LogP contribution in [0.1, 0.15) is 0 Å². The van der Waals surface area contributed by atoms with E-state index in [1.165, 1.54) is 0 Å². The predicted octanol–water partition coefficient (Wildman–Crippen LogP) is 1.73. The molecule has 13 heavy (non-hydrogen) atoms. The van der Waals surface area contributed by atoms with E-state index in [2.05, 4.69) is 0 Å². The Labute approximate surface area is 73.9 Å². The average molecular weight is 217 g/mol. The van der Waals surface area contributed by atoms with E-state index in [1.807, 2.05) is 0 Å². The minimum absolute atomic E-state index is 0.0787. The van der Waals surface area contributed by atoms with Crippen molar-refractivity contribution in [1.82, 2.24) is 5.12 Å². The van der Waals surface area contributed by atoms with Crippen molar-refractivity contribution in [1.29, 1.82) is 0 Å². The summed E-state index contributed by atoms with van der Waals surface area (Å²) in [6, 6.07) is 0. The number of carboxylic acid groups (broad SMARTS) is 1. The van der Waals surface area contributed by atoms with E-state index in [0.717, 1.165) is 0 Å². The highest BCUT2D eigenvalue weighted by atomic mass is 32.2. The van der Waals surface area contributed by atoms with Crippen molar-refractivity contribution < 1.29 is 27.6 Å². The highest BCUT2D eigenvalue weighted by molar-refractivity contribution is 8.04. The highest BCUT2D eigenvalue weighted by Crippen LogP contribution is 2.42. The van der Waals surface area contributed by atoms with E-state index in [-0.39, 0.29) is 11.8 Å². The molecule has 1 heterocycles. The van der Waals surface area contributed by atoms with Crippen LogP contribution < -0.4 is 0 Å². The second-order valence-corrected chi connectivity index (χ2v) is 3.28. The molecule has 0 fully saturated rings. The van der Waals surface area contributed by atoms with Gasteiger partial charge in [0.2, 0.25) is 5.37 Å². The van der Waals surface area contributed by atoms with Crippen LogP contribution >= 0.6 is 11.8 Å². The van der Waals surface area contributed by atoms with Crippen molar-refractivity contribution in [2.75, 3.05) is 0 Å². The zero-order valence-electron chi connectivity index (χ0n) is 5.88. The molecule has 3 nitrogen and oxygen atoms in total. The molecule has 0 amide bonds. The largest absolute Gasteiger partial charge is 0.477 e. The molecule has 1 atom stereocenters. The van der Waals surface area contributed by atoms with Crippen LogP contribution in [0.5, 0.6) is 0 Å². The van der Waals surface area contributed by atoms with E-state index in [0.29, 0.717) is 6.20 Å². The summed E-state index contributed by atoms with van der Waals surface area (Å²) in [6.45, 7) is 0. The van der Waals surface area contributed by atoms with E-state index < -0.39 is 27.5 Å². The lowest BCUT2D eigenvalue weighted by molar-refractivity contribution is -0.175. The van der Waals surface area contributed by atoms with Crippen molar-refractivity contribution in [2.24, 2.45) is 0 Å². The first kappa shape index (κ1) is 10.2. The molecule has 0 aliphatic carbocycles. The van der Waals surface area contributed by atoms with Gasteiger partial charge in [-0.15, -0.1) is 0 Å². The van der Waals surface area contributed by atoms with Crippen molar-refractivity contribution in [3.8, 4) is 0 Å². The summed E-state index contributed by atoms with van der Waals surface area (Å²) in [4.78, 5) is 9.51. The minimum Gasteiger partial charge on any atom is -0.477 e. The number of aliphatic carboxylic acids is 1. The summed E-state index contributed by atoms with van der Waals surface area (Å²) in [5.41, 5.74) is 0. The van der Waals surface area contributed by atoms with Gasteiger partial charge in [-0.05, 0) is 0 Å². The fourth-order valence-corrected chi connectivity index (χ4v) is 1.49. The Kier molecular flexibility index (Phi) is 2.42. The third-order valence-electron chi connectivity index (χ3n) is 1.19. The Morgan fingerprint density at radius 3 is 2.38 bits per heavy atom. The molecule has 0 radical (unpaired) electrons. The van der Waals surface area contributed by atoms with Crippen LogP contribution in [0.25, 0.3) is 0 Å². The molecule has 0 saturated heterocycles. The number of carbonyl (C=O) groups is 1. The van der Waals surface area contributed by atoms with Gasteiger partial charge in [0.25, 0.3) is 0 Å². The highest BCUT2D eigenvalue weighted by Gasteiger charge is 2.49. The number of alkyl halides is 3. The lowest BCUT2D eigenvalue weighted by atomic mass is 10.6. The number of rotatable bonds is 1. The van der Waals surface area contributed by atoms with Gasteiger partial charge in [0.15, 0.2) is 0 Å². The lowest BCUT2D eigenvalue weighted by Gasteiger charge is -2.17. The molecule has 1 rings (SSSR count). The number of hydrogen-bond donors (Lipinski definition) is 1. The topological polar surface area (TPSA) is 40.5 Å². The number of carboxylic acids is 1. The fraction of sp³-hybridized carbons (Fsp3) is 0.400. The molecule has 8 heteroatoms. The number of nitrogens with zero attached hydrogens (tertiary/aromatic N) is 1. The van der Waals surface area contributed by atoms with Crippen molar-refractivity contribution in [3.63, 3.8) is 0 Å². The Balaban J connectivity index is 2.76. The van der Waals surface area contributed by atoms with Crippen molar-refractivity contribution in [3.05, 3.63) is 11.1 Å². The molecule has 1 aliphatic rings. The maximum atomic E-state index is 12.4. The van der Waals surface area contributed by atoms with E-state index >= 15 is 0 Å². The fourth-order valence-electron chi connectivity index (χ4n) is 0.693. The van der Waals surface area contributed by atoms with Crippen LogP contribution in [0.15, 0.2) is 11.1 Å². The van der Waals surface area contributed by atoms with E-state index in [9.17, 15) is 22.4 Å². The minimum atomic E-state index is -4.78. The third-order valence-corrected chi connectivity index (χ3v) is 2.42. The Morgan fingerprint density at radius 1 is 1.62 bits per heavy atom. The van der Waals surface area contributed by atoms with Crippen LogP contribution in [0, 0.1) is 0 Å². The normalized spacial score (nSPS) is 23.2. The molecule has 0 bridgehead atoms. The molecule has 0 aromatic heterocycles. The SMILES string of the molecule is O=C(O)C1=CN(F)C(C(F)(F)F)S1. The Morgan fingerprint density at radius 2 is 2.15 bits per heavy atom. The van der Waals surface area contributed by atoms with Crippen LogP contribution in [0.4, 0.5) is 17.7 Å². The van der Waals surface area contributed by atoms with E-state index in [1.54, 1.807) is 0 Å². The second-order valence-electron chi connectivity index (χ2n) is 2.15. The quantitative estimate of drug-likeness (QED) is 0.536. The summed E-state index contributed by atoms with van der Waals surface area (Å²) in [5.74, 6) is -1.57. The molecule has 0 saturated carbocycles. The standard InChI is InChI=1S/C5H3F4NO2S/c6-5(7,8)4-10(9)1-2(13-4)3(11)12/h1,4H,(H,11,12). The molecule has 1 N–H and O–H groups in total. The van der Waals surface area contributed by atoms with Gasteiger partial charge < -0.3 is 5.11 Å². The molecule has 1 aliphatic heterocycles. The third kappa shape index (κ3) is 2.06. The van der Waals surface area contributed by atoms with Crippen LogP contribution in [-0.2, 0) is 4.79 Å². The number of halogens is 4. The molecule has 0 aromatic rings. The molecule has 0 aromatic carbocycles. The van der Waals surface area contributed by atoms with Gasteiger partial charge in [0, 0.05) is 0 Å². The summed E-state index contributed by atoms with van der Waals surface area (Å²) in [6.07, 6.45) is -4.47. The molecular weight excluding hydrogens is 214 g/mol. The first-order chi connectivity index (χ1) is 5.82. The van der Waals surface area contributed by atoms with Gasteiger partial charge in [-0.25, -0.2) is 4.79 Å². The first-order valence-corrected chi connectivity index (χ1v) is 3.83. The van der Waals surface area contributed by atoms with Gasteiger partial charge in [-0.3, -0.25) is 0 Å². The molecule has 1 unspecified atom stereocenters. The predicted molar refractivity (Wildman–Crippen MR) is 36.1 cm³/mol. The van der Waals surface area contributed by atoms with Gasteiger partial charge in [0.1, 0.15) is 4.91 Å². The first-order valence-electron chi connectivity index (χ1n) is 2.95. The maximum absolute atomic E-state index is 12.4. The van der Waals surface area contributed by atoms with Crippen molar-refractivity contribution >= 4 is 17.7 Å². The monoisotopic (exact) mass is 217 g/mol. The van der Waals surface area contributed by atoms with E-state index in [4.69, 9.17) is 5.11 Å². The summed E-state index contributed by atoms with van der Waals surface area (Å²) in [5, 5.41) is 5.16. The zero-order chi connectivity index (χ0) is 10.2. The Hall–Kier alpha value is -0.920. The summed E-state index contributed by atoms with van der Waals surface area (Å²) >= 11 is -0.0787. The molecular formula is C5H3F4NO2S. The van der Waals surface area contributed by atoms with Gasteiger partial charge in [-0.1, -0.05) is 16.2 Å².